The van der Waals surface area contributed by atoms with E-state index in [0.717, 1.165) is 42.3 Å². The van der Waals surface area contributed by atoms with Crippen molar-refractivity contribution in [1.29, 1.82) is 0 Å². The first kappa shape index (κ1) is 30.4. The van der Waals surface area contributed by atoms with Crippen molar-refractivity contribution in [2.45, 2.75) is 57.2 Å². The molecule has 0 aliphatic carbocycles. The van der Waals surface area contributed by atoms with Gasteiger partial charge in [0.05, 0.1) is 25.3 Å². The normalized spacial score (nSPS) is 21.5. The van der Waals surface area contributed by atoms with Crippen LogP contribution in [0.1, 0.15) is 36.1 Å². The predicted octanol–water partition coefficient (Wildman–Crippen LogP) is 4.28. The smallest absolute Gasteiger partial charge is 0.391 e. The fourth-order valence-corrected chi connectivity index (χ4v) is 6.31. The highest BCUT2D eigenvalue weighted by Gasteiger charge is 2.40. The molecule has 2 saturated heterocycles. The summed E-state index contributed by atoms with van der Waals surface area (Å²) in [6, 6.07) is 4.87. The van der Waals surface area contributed by atoms with Crippen molar-refractivity contribution in [3.8, 4) is 11.8 Å². The number of fused-ring (bicyclic) bond motifs is 1. The van der Waals surface area contributed by atoms with Gasteiger partial charge in [0, 0.05) is 61.5 Å². The highest BCUT2D eigenvalue weighted by molar-refractivity contribution is 6.31. The summed E-state index contributed by atoms with van der Waals surface area (Å²) in [5, 5.41) is 0.583. The number of carbonyl (C=O) groups is 1. The highest BCUT2D eigenvalue weighted by Crippen LogP contribution is 2.36. The van der Waals surface area contributed by atoms with Crippen LogP contribution in [0.4, 0.5) is 19.0 Å². The molecule has 0 bridgehead atoms. The van der Waals surface area contributed by atoms with E-state index in [4.69, 9.17) is 31.0 Å². The zero-order valence-electron chi connectivity index (χ0n) is 23.9. The standard InChI is InChI=1S/C29H36ClF3N6O3/c1-4-26(40)39-12-11-38(14-20(39)13-29(31,32)33)27-22-16-37(15-21-23(30)8-5-9-25(21)41-3)17-24(22)34-28(35-27)42-18-19-7-6-10-36(19)2/h4-5,8-9,19-20H,1,6-7,10-18H2,2-3H3/t19-,20-/m0/s1. The molecular weight excluding hydrogens is 573 g/mol. The van der Waals surface area contributed by atoms with Crippen molar-refractivity contribution >= 4 is 23.3 Å². The SMILES string of the molecule is C=CC(=O)N1CCN(c2nc(OC[C@@H]3CCCN3C)nc3c2CN(Cc2c(Cl)cccc2OC)C3)C[C@@H]1CC(F)(F)F. The Balaban J connectivity index is 1.44. The fraction of sp³-hybridized carbons (Fsp3) is 0.552. The summed E-state index contributed by atoms with van der Waals surface area (Å²) in [5.74, 6) is 0.704. The molecule has 42 heavy (non-hydrogen) atoms. The van der Waals surface area contributed by atoms with Crippen molar-refractivity contribution < 1.29 is 27.4 Å². The first-order chi connectivity index (χ1) is 20.1. The van der Waals surface area contributed by atoms with E-state index in [9.17, 15) is 18.0 Å². The van der Waals surface area contributed by atoms with Gasteiger partial charge in [0.25, 0.3) is 0 Å². The van der Waals surface area contributed by atoms with E-state index in [1.165, 1.54) is 4.90 Å². The Hall–Kier alpha value is -3.09. The second-order valence-corrected chi connectivity index (χ2v) is 11.5. The van der Waals surface area contributed by atoms with Gasteiger partial charge in [0.2, 0.25) is 5.91 Å². The van der Waals surface area contributed by atoms with Gasteiger partial charge in [0.15, 0.2) is 0 Å². The molecule has 13 heteroatoms. The Kier molecular flexibility index (Phi) is 9.14. The summed E-state index contributed by atoms with van der Waals surface area (Å²) in [6.07, 6.45) is -2.39. The number of alkyl halides is 3. The van der Waals surface area contributed by atoms with Crippen LogP contribution in [0.5, 0.6) is 11.8 Å². The number of carbonyl (C=O) groups excluding carboxylic acids is 1. The van der Waals surface area contributed by atoms with Crippen molar-refractivity contribution in [2.24, 2.45) is 0 Å². The number of likely N-dealkylation sites (tertiary alicyclic amines) is 1. The van der Waals surface area contributed by atoms with Gasteiger partial charge in [-0.1, -0.05) is 24.2 Å². The maximum atomic E-state index is 13.6. The summed E-state index contributed by atoms with van der Waals surface area (Å²) in [6.45, 7) is 6.76. The minimum Gasteiger partial charge on any atom is -0.496 e. The molecule has 1 aromatic carbocycles. The number of rotatable bonds is 9. The number of anilines is 1. The van der Waals surface area contributed by atoms with E-state index in [1.807, 2.05) is 23.1 Å². The lowest BCUT2D eigenvalue weighted by atomic mass is 10.1. The Labute approximate surface area is 248 Å². The molecule has 1 aromatic heterocycles. The van der Waals surface area contributed by atoms with Gasteiger partial charge in [0.1, 0.15) is 18.2 Å². The predicted molar refractivity (Wildman–Crippen MR) is 153 cm³/mol. The number of hydrogen-bond donors (Lipinski definition) is 0. The first-order valence-corrected chi connectivity index (χ1v) is 14.5. The topological polar surface area (TPSA) is 74.3 Å². The zero-order valence-corrected chi connectivity index (χ0v) is 24.6. The van der Waals surface area contributed by atoms with Gasteiger partial charge in [-0.05, 0) is 44.6 Å². The van der Waals surface area contributed by atoms with E-state index in [-0.39, 0.29) is 25.1 Å². The Morgan fingerprint density at radius 1 is 1.19 bits per heavy atom. The van der Waals surface area contributed by atoms with Gasteiger partial charge in [-0.15, -0.1) is 0 Å². The quantitative estimate of drug-likeness (QED) is 0.391. The number of methoxy groups -OCH3 is 1. The van der Waals surface area contributed by atoms with Crippen LogP contribution in [-0.2, 0) is 24.4 Å². The number of ether oxygens (including phenoxy) is 2. The molecule has 2 aromatic rings. The van der Waals surface area contributed by atoms with Gasteiger partial charge in [-0.25, -0.2) is 0 Å². The average Bonchev–Trinajstić information content (AvgIpc) is 3.56. The van der Waals surface area contributed by atoms with Crippen LogP contribution >= 0.6 is 11.6 Å². The van der Waals surface area contributed by atoms with E-state index in [2.05, 4.69) is 23.4 Å². The summed E-state index contributed by atoms with van der Waals surface area (Å²) in [7, 11) is 3.65. The number of hydrogen-bond acceptors (Lipinski definition) is 8. The average molecular weight is 609 g/mol. The third kappa shape index (κ3) is 6.76. The van der Waals surface area contributed by atoms with Gasteiger partial charge >= 0.3 is 12.2 Å². The zero-order chi connectivity index (χ0) is 30.0. The summed E-state index contributed by atoms with van der Waals surface area (Å²) in [4.78, 5) is 29.4. The van der Waals surface area contributed by atoms with Gasteiger partial charge < -0.3 is 24.2 Å². The second kappa shape index (κ2) is 12.6. The number of aromatic nitrogens is 2. The number of amides is 1. The molecule has 0 saturated carbocycles. The minimum absolute atomic E-state index is 0.0221. The maximum absolute atomic E-state index is 13.6. The molecule has 0 spiro atoms. The molecule has 0 N–H and O–H groups in total. The molecule has 3 aliphatic rings. The number of piperazine rings is 1. The maximum Gasteiger partial charge on any atom is 0.391 e. The van der Waals surface area contributed by atoms with Crippen molar-refractivity contribution in [1.82, 2.24) is 24.7 Å². The second-order valence-electron chi connectivity index (χ2n) is 11.1. The monoisotopic (exact) mass is 608 g/mol. The number of nitrogens with zero attached hydrogens (tertiary/aromatic N) is 6. The number of likely N-dealkylation sites (N-methyl/N-ethyl adjacent to an activating group) is 1. The third-order valence-corrected chi connectivity index (χ3v) is 8.62. The van der Waals surface area contributed by atoms with Crippen LogP contribution in [-0.4, -0.2) is 95.8 Å². The van der Waals surface area contributed by atoms with Crippen LogP contribution in [0.15, 0.2) is 30.9 Å². The van der Waals surface area contributed by atoms with E-state index >= 15 is 0 Å². The molecule has 0 radical (unpaired) electrons. The Morgan fingerprint density at radius 3 is 2.69 bits per heavy atom. The van der Waals surface area contributed by atoms with Crippen LogP contribution in [0.25, 0.3) is 0 Å². The molecule has 9 nitrogen and oxygen atoms in total. The highest BCUT2D eigenvalue weighted by atomic mass is 35.5. The molecule has 4 heterocycles. The lowest BCUT2D eigenvalue weighted by molar-refractivity contribution is -0.153. The van der Waals surface area contributed by atoms with E-state index < -0.39 is 24.5 Å². The lowest BCUT2D eigenvalue weighted by Crippen LogP contribution is -2.56. The molecule has 2 fully saturated rings. The summed E-state index contributed by atoms with van der Waals surface area (Å²) in [5.41, 5.74) is 2.44. The van der Waals surface area contributed by atoms with Crippen LogP contribution in [0.3, 0.4) is 0 Å². The molecule has 228 valence electrons. The minimum atomic E-state index is -4.44. The largest absolute Gasteiger partial charge is 0.496 e. The molecule has 2 atom stereocenters. The Morgan fingerprint density at radius 2 is 2.00 bits per heavy atom. The number of halogens is 4. The van der Waals surface area contributed by atoms with Crippen LogP contribution in [0.2, 0.25) is 5.02 Å². The Bertz CT molecular complexity index is 1310. The molecule has 1 amide bonds. The molecule has 3 aliphatic heterocycles. The third-order valence-electron chi connectivity index (χ3n) is 8.27. The van der Waals surface area contributed by atoms with Crippen molar-refractivity contribution in [3.05, 3.63) is 52.7 Å². The van der Waals surface area contributed by atoms with Gasteiger partial charge in [-0.2, -0.15) is 23.1 Å². The van der Waals surface area contributed by atoms with E-state index in [0.29, 0.717) is 49.4 Å². The fourth-order valence-electron chi connectivity index (χ4n) is 6.08. The molecular formula is C29H36ClF3N6O3. The first-order valence-electron chi connectivity index (χ1n) is 14.1. The van der Waals surface area contributed by atoms with Crippen LogP contribution < -0.4 is 14.4 Å². The van der Waals surface area contributed by atoms with E-state index in [1.54, 1.807) is 7.11 Å². The summed E-state index contributed by atoms with van der Waals surface area (Å²) >= 11 is 6.51. The van der Waals surface area contributed by atoms with Crippen molar-refractivity contribution in [3.63, 3.8) is 0 Å². The number of benzene rings is 1. The van der Waals surface area contributed by atoms with Crippen LogP contribution in [0, 0.1) is 0 Å². The molecule has 5 rings (SSSR count). The van der Waals surface area contributed by atoms with Gasteiger partial charge in [-0.3, -0.25) is 9.69 Å². The lowest BCUT2D eigenvalue weighted by Gasteiger charge is -2.42. The van der Waals surface area contributed by atoms with Crippen molar-refractivity contribution in [2.75, 3.05) is 51.8 Å². The molecule has 0 unspecified atom stereocenters. The summed E-state index contributed by atoms with van der Waals surface area (Å²) < 4.78 is 52.3.